The average molecular weight is 666 g/mol. The number of esters is 1. The second kappa shape index (κ2) is 13.5. The molecule has 0 aromatic carbocycles. The van der Waals surface area contributed by atoms with Gasteiger partial charge >= 0.3 is 5.97 Å². The summed E-state index contributed by atoms with van der Waals surface area (Å²) in [4.78, 5) is 17.6. The van der Waals surface area contributed by atoms with Crippen LogP contribution in [-0.2, 0) is 28.5 Å². The highest BCUT2D eigenvalue weighted by atomic mass is 127. The smallest absolute Gasteiger partial charge is 0.330 e. The minimum absolute atomic E-state index is 0.00350. The van der Waals surface area contributed by atoms with Crippen LogP contribution in [0.3, 0.4) is 0 Å². The van der Waals surface area contributed by atoms with Crippen molar-refractivity contribution in [2.75, 3.05) is 6.61 Å². The molecule has 0 N–H and O–H groups in total. The Morgan fingerprint density at radius 2 is 1.85 bits per heavy atom. The molecule has 3 fully saturated rings. The van der Waals surface area contributed by atoms with Gasteiger partial charge in [0.25, 0.3) is 0 Å². The van der Waals surface area contributed by atoms with Crippen LogP contribution in [0.15, 0.2) is 50.7 Å². The second-order valence-electron chi connectivity index (χ2n) is 11.5. The van der Waals surface area contributed by atoms with Crippen LogP contribution < -0.4 is 0 Å². The lowest BCUT2D eigenvalue weighted by Crippen LogP contribution is -2.50. The summed E-state index contributed by atoms with van der Waals surface area (Å²) in [6.45, 7) is 11.1. The van der Waals surface area contributed by atoms with Gasteiger partial charge in [0.1, 0.15) is 18.1 Å². The van der Waals surface area contributed by atoms with Crippen LogP contribution in [0.4, 0.5) is 0 Å². The summed E-state index contributed by atoms with van der Waals surface area (Å²) in [7, 11) is 0. The minimum atomic E-state index is -0.569. The molecule has 9 heteroatoms. The Labute approximate surface area is 250 Å². The highest BCUT2D eigenvalue weighted by Crippen LogP contribution is 2.38. The van der Waals surface area contributed by atoms with Crippen LogP contribution >= 0.6 is 22.6 Å². The van der Waals surface area contributed by atoms with Gasteiger partial charge in [-0.1, -0.05) is 60.7 Å². The van der Waals surface area contributed by atoms with Gasteiger partial charge in [0, 0.05) is 24.3 Å². The number of ether oxygens (including phenoxy) is 5. The molecule has 4 aliphatic rings. The van der Waals surface area contributed by atoms with Crippen molar-refractivity contribution in [3.8, 4) is 0 Å². The van der Waals surface area contributed by atoms with Crippen LogP contribution in [-0.4, -0.2) is 54.2 Å². The van der Waals surface area contributed by atoms with Crippen LogP contribution in [0.5, 0.6) is 0 Å². The summed E-state index contributed by atoms with van der Waals surface area (Å²) in [5, 5.41) is 0. The van der Waals surface area contributed by atoms with Crippen molar-refractivity contribution in [2.24, 2.45) is 11.8 Å². The SMILES string of the molecule is C=C1C[C@H]2C/C=C\C(=O)O[C@H]3[C@@H](C)[C@H](C/C=C/c4nc(co4)[C@@H]4OCCC(C[C@H](C1)O2)O4)O[C@H](/C(C)=C\I)[C@@H]3C. The van der Waals surface area contributed by atoms with Gasteiger partial charge in [-0.3, -0.25) is 0 Å². The van der Waals surface area contributed by atoms with Crippen LogP contribution in [0, 0.1) is 11.8 Å². The van der Waals surface area contributed by atoms with Crippen molar-refractivity contribution >= 4 is 34.6 Å². The number of hydrogen-bond acceptors (Lipinski definition) is 8. The van der Waals surface area contributed by atoms with E-state index in [2.05, 4.69) is 54.9 Å². The Hall–Kier alpha value is -1.79. The minimum Gasteiger partial charge on any atom is -0.458 e. The molecular weight excluding hydrogens is 625 g/mol. The second-order valence-corrected chi connectivity index (χ2v) is 12.1. The van der Waals surface area contributed by atoms with Gasteiger partial charge in [-0.25, -0.2) is 9.78 Å². The first-order valence-corrected chi connectivity index (χ1v) is 15.6. The van der Waals surface area contributed by atoms with E-state index in [0.29, 0.717) is 31.0 Å². The van der Waals surface area contributed by atoms with Crippen LogP contribution in [0.2, 0.25) is 0 Å². The molecule has 0 aliphatic carbocycles. The van der Waals surface area contributed by atoms with Crippen LogP contribution in [0.1, 0.15) is 77.2 Å². The molecular formula is C31H40INO7. The number of carbonyl (C=O) groups is 1. The molecule has 1 aromatic heterocycles. The topological polar surface area (TPSA) is 89.3 Å². The van der Waals surface area contributed by atoms with Crippen molar-refractivity contribution in [2.45, 2.75) is 102 Å². The van der Waals surface area contributed by atoms with E-state index in [9.17, 15) is 4.79 Å². The molecule has 0 saturated carbocycles. The molecule has 40 heavy (non-hydrogen) atoms. The number of fused-ring (bicyclic) bond motifs is 9. The molecule has 4 aliphatic heterocycles. The summed E-state index contributed by atoms with van der Waals surface area (Å²) in [6.07, 6.45) is 12.1. The molecule has 5 heterocycles. The van der Waals surface area contributed by atoms with Crippen molar-refractivity contribution in [1.29, 1.82) is 0 Å². The molecule has 8 nitrogen and oxygen atoms in total. The zero-order valence-electron chi connectivity index (χ0n) is 23.5. The molecule has 0 radical (unpaired) electrons. The number of rotatable bonds is 1. The summed E-state index contributed by atoms with van der Waals surface area (Å²) >= 11 is 2.24. The van der Waals surface area contributed by atoms with E-state index < -0.39 is 6.29 Å². The van der Waals surface area contributed by atoms with Crippen LogP contribution in [0.25, 0.3) is 6.08 Å². The van der Waals surface area contributed by atoms with Gasteiger partial charge in [0.15, 0.2) is 0 Å². The lowest BCUT2D eigenvalue weighted by Gasteiger charge is -2.44. The quantitative estimate of drug-likeness (QED) is 0.188. The Balaban J connectivity index is 1.40. The Bertz CT molecular complexity index is 1140. The summed E-state index contributed by atoms with van der Waals surface area (Å²) in [6, 6.07) is 0. The highest BCUT2D eigenvalue weighted by Gasteiger charge is 2.43. The summed E-state index contributed by atoms with van der Waals surface area (Å²) in [5.41, 5.74) is 2.90. The Kier molecular flexibility index (Phi) is 9.99. The third-order valence-electron chi connectivity index (χ3n) is 8.33. The molecule has 0 spiro atoms. The van der Waals surface area contributed by atoms with Gasteiger partial charge in [-0.05, 0) is 54.8 Å². The van der Waals surface area contributed by atoms with E-state index >= 15 is 0 Å². The van der Waals surface area contributed by atoms with Crippen molar-refractivity contribution < 1.29 is 32.9 Å². The molecule has 8 bridgehead atoms. The first-order valence-electron chi connectivity index (χ1n) is 14.3. The number of nitrogens with zero attached hydrogens (tertiary/aromatic N) is 1. The summed E-state index contributed by atoms with van der Waals surface area (Å²) in [5.74, 6) is 0.159. The first-order chi connectivity index (χ1) is 19.3. The standard InChI is InChI=1S/C31H40INO7/c1-18-13-22-7-5-10-28(34)40-30-20(3)26(39-29(21(30)4)19(2)16-32)8-6-9-27-33-25(17-36-27)31-35-12-11-23(38-31)15-24(14-18)37-22/h5-6,9-10,16-17,20-24,26,29-31H,1,7-8,11-15H2,2-4H3/b9-6+,10-5-,19-16-/t20-,21-,22+,23?,24-,26-,29+,30-,31+/m0/s1. The fourth-order valence-corrected chi connectivity index (χ4v) is 6.58. The third-order valence-corrected chi connectivity index (χ3v) is 9.31. The molecule has 218 valence electrons. The van der Waals surface area contributed by atoms with E-state index in [-0.39, 0.29) is 54.4 Å². The fourth-order valence-electron chi connectivity index (χ4n) is 6.23. The van der Waals surface area contributed by atoms with E-state index in [1.54, 1.807) is 12.3 Å². The largest absolute Gasteiger partial charge is 0.458 e. The lowest BCUT2D eigenvalue weighted by atomic mass is 9.80. The molecule has 0 amide bonds. The van der Waals surface area contributed by atoms with Crippen molar-refractivity contribution in [1.82, 2.24) is 4.98 Å². The maximum absolute atomic E-state index is 13.0. The molecule has 5 rings (SSSR count). The number of hydrogen-bond donors (Lipinski definition) is 0. The van der Waals surface area contributed by atoms with Crippen molar-refractivity contribution in [3.63, 3.8) is 0 Å². The van der Waals surface area contributed by atoms with Gasteiger partial charge in [0.2, 0.25) is 12.2 Å². The Morgan fingerprint density at radius 3 is 2.67 bits per heavy atom. The fraction of sp³-hybridized carbons (Fsp3) is 0.613. The van der Waals surface area contributed by atoms with E-state index in [1.165, 1.54) is 0 Å². The predicted octanol–water partition coefficient (Wildman–Crippen LogP) is 6.63. The monoisotopic (exact) mass is 665 g/mol. The number of aromatic nitrogens is 1. The van der Waals surface area contributed by atoms with E-state index in [0.717, 1.165) is 36.8 Å². The molecule has 3 saturated heterocycles. The van der Waals surface area contributed by atoms with E-state index in [1.807, 2.05) is 22.3 Å². The number of oxazole rings is 1. The zero-order chi connectivity index (χ0) is 28.2. The van der Waals surface area contributed by atoms with Gasteiger partial charge in [-0.15, -0.1) is 0 Å². The van der Waals surface area contributed by atoms with E-state index in [4.69, 9.17) is 28.1 Å². The lowest BCUT2D eigenvalue weighted by molar-refractivity contribution is -0.227. The van der Waals surface area contributed by atoms with Gasteiger partial charge in [0.05, 0.1) is 37.1 Å². The number of halogens is 1. The molecule has 9 atom stereocenters. The predicted molar refractivity (Wildman–Crippen MR) is 158 cm³/mol. The normalized spacial score (nSPS) is 39.5. The maximum atomic E-state index is 13.0. The maximum Gasteiger partial charge on any atom is 0.330 e. The average Bonchev–Trinajstić information content (AvgIpc) is 3.40. The van der Waals surface area contributed by atoms with Gasteiger partial charge in [-0.2, -0.15) is 0 Å². The summed E-state index contributed by atoms with van der Waals surface area (Å²) < 4.78 is 38.9. The Morgan fingerprint density at radius 1 is 1.05 bits per heavy atom. The highest BCUT2D eigenvalue weighted by molar-refractivity contribution is 14.1. The number of carbonyl (C=O) groups excluding carboxylic acids is 1. The van der Waals surface area contributed by atoms with Gasteiger partial charge < -0.3 is 28.1 Å². The third kappa shape index (κ3) is 7.15. The first kappa shape index (κ1) is 29.7. The zero-order valence-corrected chi connectivity index (χ0v) is 25.7. The molecule has 1 aromatic rings. The van der Waals surface area contributed by atoms with Crippen molar-refractivity contribution in [3.05, 3.63) is 57.9 Å². The molecule has 1 unspecified atom stereocenters.